The third kappa shape index (κ3) is 4.67. The fourth-order valence-corrected chi connectivity index (χ4v) is 4.62. The van der Waals surface area contributed by atoms with Crippen LogP contribution in [0.2, 0.25) is 0 Å². The van der Waals surface area contributed by atoms with Gasteiger partial charge >= 0.3 is 0 Å². The first-order chi connectivity index (χ1) is 15.0. The van der Waals surface area contributed by atoms with Gasteiger partial charge in [-0.15, -0.1) is 0 Å². The molecule has 0 aromatic heterocycles. The number of para-hydroxylation sites is 1. The van der Waals surface area contributed by atoms with Gasteiger partial charge in [-0.3, -0.25) is 9.69 Å². The predicted octanol–water partition coefficient (Wildman–Crippen LogP) is 4.72. The van der Waals surface area contributed by atoms with Crippen molar-refractivity contribution >= 4 is 11.6 Å². The van der Waals surface area contributed by atoms with Crippen LogP contribution in [0.25, 0.3) is 0 Å². The van der Waals surface area contributed by atoms with Crippen LogP contribution >= 0.6 is 0 Å². The second-order valence-corrected chi connectivity index (χ2v) is 9.02. The number of rotatable bonds is 5. The van der Waals surface area contributed by atoms with Crippen molar-refractivity contribution in [1.29, 1.82) is 0 Å². The highest BCUT2D eigenvalue weighted by Crippen LogP contribution is 2.38. The average Bonchev–Trinajstić information content (AvgIpc) is 3.22. The van der Waals surface area contributed by atoms with Gasteiger partial charge in [0.05, 0.1) is 25.4 Å². The highest BCUT2D eigenvalue weighted by molar-refractivity contribution is 6.04. The van der Waals surface area contributed by atoms with Crippen LogP contribution in [0.15, 0.2) is 47.6 Å². The summed E-state index contributed by atoms with van der Waals surface area (Å²) in [6, 6.07) is 14.2. The molecule has 1 fully saturated rings. The van der Waals surface area contributed by atoms with Crippen LogP contribution in [0.5, 0.6) is 5.75 Å². The lowest BCUT2D eigenvalue weighted by Gasteiger charge is -2.31. The molecule has 2 heterocycles. The van der Waals surface area contributed by atoms with Gasteiger partial charge in [-0.1, -0.05) is 42.8 Å². The molecule has 0 spiro atoms. The number of hydrogen-bond donors (Lipinski definition) is 0. The number of hydrogen-bond acceptors (Lipinski definition) is 4. The van der Waals surface area contributed by atoms with Crippen LogP contribution < -0.4 is 4.74 Å². The zero-order valence-electron chi connectivity index (χ0n) is 19.1. The predicted molar refractivity (Wildman–Crippen MR) is 124 cm³/mol. The van der Waals surface area contributed by atoms with E-state index in [1.165, 1.54) is 11.1 Å². The third-order valence-electron chi connectivity index (χ3n) is 6.60. The van der Waals surface area contributed by atoms with Crippen molar-refractivity contribution in [3.63, 3.8) is 0 Å². The maximum absolute atomic E-state index is 13.4. The summed E-state index contributed by atoms with van der Waals surface area (Å²) in [5, 5.41) is 6.61. The Morgan fingerprint density at radius 1 is 1.13 bits per heavy atom. The Labute approximate surface area is 185 Å². The van der Waals surface area contributed by atoms with Crippen molar-refractivity contribution in [2.75, 3.05) is 26.7 Å². The molecule has 1 atom stereocenters. The molecule has 0 aliphatic carbocycles. The van der Waals surface area contributed by atoms with Crippen LogP contribution in [-0.4, -0.2) is 48.3 Å². The fraction of sp³-hybridized carbons (Fsp3) is 0.462. The van der Waals surface area contributed by atoms with E-state index in [1.54, 1.807) is 12.1 Å². The monoisotopic (exact) mass is 419 g/mol. The van der Waals surface area contributed by atoms with Crippen molar-refractivity contribution in [3.05, 3.63) is 64.7 Å². The molecule has 1 amide bonds. The Balaban J connectivity index is 1.65. The molecule has 0 N–H and O–H groups in total. The van der Waals surface area contributed by atoms with E-state index < -0.39 is 0 Å². The SMILES string of the molecule is COc1ccccc1[C@H]1CC(c2cc(C)ccc2C)=NN1C(=O)CN1CCC(C)CC1. The van der Waals surface area contributed by atoms with Gasteiger partial charge in [-0.25, -0.2) is 5.01 Å². The highest BCUT2D eigenvalue weighted by Gasteiger charge is 2.35. The van der Waals surface area contributed by atoms with Gasteiger partial charge in [0.15, 0.2) is 0 Å². The minimum Gasteiger partial charge on any atom is -0.496 e. The van der Waals surface area contributed by atoms with Gasteiger partial charge in [0.25, 0.3) is 5.91 Å². The summed E-state index contributed by atoms with van der Waals surface area (Å²) in [5.41, 5.74) is 5.49. The summed E-state index contributed by atoms with van der Waals surface area (Å²) in [4.78, 5) is 15.7. The first kappa shape index (κ1) is 21.6. The Hall–Kier alpha value is -2.66. The Morgan fingerprint density at radius 2 is 1.87 bits per heavy atom. The number of nitrogens with zero attached hydrogens (tertiary/aromatic N) is 3. The molecule has 0 bridgehead atoms. The lowest BCUT2D eigenvalue weighted by Crippen LogP contribution is -2.41. The van der Waals surface area contributed by atoms with E-state index in [2.05, 4.69) is 43.9 Å². The summed E-state index contributed by atoms with van der Waals surface area (Å²) in [6.45, 7) is 8.87. The molecule has 1 saturated heterocycles. The van der Waals surface area contributed by atoms with Crippen LogP contribution in [-0.2, 0) is 4.79 Å². The Bertz CT molecular complexity index is 976. The molecule has 5 heteroatoms. The lowest BCUT2D eigenvalue weighted by molar-refractivity contribution is -0.134. The van der Waals surface area contributed by atoms with Gasteiger partial charge in [0.1, 0.15) is 5.75 Å². The second kappa shape index (κ2) is 9.23. The smallest absolute Gasteiger partial charge is 0.257 e. The van der Waals surface area contributed by atoms with Crippen LogP contribution in [0.3, 0.4) is 0 Å². The fourth-order valence-electron chi connectivity index (χ4n) is 4.62. The number of hydrazone groups is 1. The number of carbonyl (C=O) groups is 1. The molecular formula is C26H33N3O2. The minimum atomic E-state index is -0.151. The first-order valence-electron chi connectivity index (χ1n) is 11.3. The van der Waals surface area contributed by atoms with E-state index in [4.69, 9.17) is 9.84 Å². The van der Waals surface area contributed by atoms with Crippen molar-refractivity contribution in [2.24, 2.45) is 11.0 Å². The molecule has 2 aromatic carbocycles. The molecule has 4 rings (SSSR count). The van der Waals surface area contributed by atoms with Crippen LogP contribution in [0, 0.1) is 19.8 Å². The van der Waals surface area contributed by atoms with Gasteiger partial charge < -0.3 is 4.74 Å². The number of methoxy groups -OCH3 is 1. The van der Waals surface area contributed by atoms with Gasteiger partial charge in [-0.2, -0.15) is 5.10 Å². The molecule has 31 heavy (non-hydrogen) atoms. The summed E-state index contributed by atoms with van der Waals surface area (Å²) >= 11 is 0. The standard InChI is InChI=1S/C26H33N3O2/c1-18-11-13-28(14-12-18)17-26(30)29-24(21-7-5-6-8-25(21)31-4)16-23(27-29)22-15-19(2)9-10-20(22)3/h5-10,15,18,24H,11-14,16-17H2,1-4H3/t24-/m1/s1. The number of aryl methyl sites for hydroxylation is 2. The van der Waals surface area contributed by atoms with Gasteiger partial charge in [0, 0.05) is 17.5 Å². The number of likely N-dealkylation sites (tertiary alicyclic amines) is 1. The summed E-state index contributed by atoms with van der Waals surface area (Å²) in [7, 11) is 1.68. The molecule has 0 saturated carbocycles. The molecule has 2 aliphatic heterocycles. The van der Waals surface area contributed by atoms with E-state index in [0.717, 1.165) is 54.4 Å². The maximum Gasteiger partial charge on any atom is 0.257 e. The lowest BCUT2D eigenvalue weighted by atomic mass is 9.94. The minimum absolute atomic E-state index is 0.0609. The topological polar surface area (TPSA) is 45.1 Å². The molecule has 5 nitrogen and oxygen atoms in total. The van der Waals surface area contributed by atoms with Crippen molar-refractivity contribution in [2.45, 2.75) is 46.1 Å². The number of benzene rings is 2. The Kier molecular flexibility index (Phi) is 6.42. The summed E-state index contributed by atoms with van der Waals surface area (Å²) in [5.74, 6) is 1.61. The maximum atomic E-state index is 13.4. The van der Waals surface area contributed by atoms with E-state index >= 15 is 0 Å². The molecular weight excluding hydrogens is 386 g/mol. The molecule has 0 radical (unpaired) electrons. The highest BCUT2D eigenvalue weighted by atomic mass is 16.5. The largest absolute Gasteiger partial charge is 0.496 e. The zero-order valence-corrected chi connectivity index (χ0v) is 19.1. The van der Waals surface area contributed by atoms with E-state index in [1.807, 2.05) is 24.3 Å². The molecule has 2 aliphatic rings. The molecule has 0 unspecified atom stereocenters. The quantitative estimate of drug-likeness (QED) is 0.704. The number of amides is 1. The van der Waals surface area contributed by atoms with Crippen molar-refractivity contribution in [3.8, 4) is 5.75 Å². The number of carbonyl (C=O) groups excluding carboxylic acids is 1. The normalized spacial score (nSPS) is 20.1. The summed E-state index contributed by atoms with van der Waals surface area (Å²) < 4.78 is 5.63. The van der Waals surface area contributed by atoms with Crippen molar-refractivity contribution in [1.82, 2.24) is 9.91 Å². The molecule has 2 aromatic rings. The van der Waals surface area contributed by atoms with Crippen molar-refractivity contribution < 1.29 is 9.53 Å². The van der Waals surface area contributed by atoms with E-state index in [0.29, 0.717) is 13.0 Å². The van der Waals surface area contributed by atoms with E-state index in [9.17, 15) is 4.79 Å². The zero-order chi connectivity index (χ0) is 22.0. The average molecular weight is 420 g/mol. The third-order valence-corrected chi connectivity index (χ3v) is 6.60. The van der Waals surface area contributed by atoms with Gasteiger partial charge in [-0.05, 0) is 63.4 Å². The van der Waals surface area contributed by atoms with Gasteiger partial charge in [0.2, 0.25) is 0 Å². The number of piperidine rings is 1. The molecule has 164 valence electrons. The van der Waals surface area contributed by atoms with E-state index in [-0.39, 0.29) is 11.9 Å². The first-order valence-corrected chi connectivity index (χ1v) is 11.3. The van der Waals surface area contributed by atoms with Crippen LogP contribution in [0.4, 0.5) is 0 Å². The summed E-state index contributed by atoms with van der Waals surface area (Å²) in [6.07, 6.45) is 2.99. The second-order valence-electron chi connectivity index (χ2n) is 9.02. The number of ether oxygens (including phenoxy) is 1. The van der Waals surface area contributed by atoms with Crippen LogP contribution in [0.1, 0.15) is 54.5 Å². The Morgan fingerprint density at radius 3 is 2.61 bits per heavy atom.